The summed E-state index contributed by atoms with van der Waals surface area (Å²) in [5.74, 6) is -0.277. The highest BCUT2D eigenvalue weighted by molar-refractivity contribution is 8.18. The number of fused-ring (bicyclic) bond motifs is 1. The fraction of sp³-hybridized carbons (Fsp3) is 0.111. The van der Waals surface area contributed by atoms with Crippen LogP contribution in [0.15, 0.2) is 77.7 Å². The van der Waals surface area contributed by atoms with Crippen LogP contribution in [-0.4, -0.2) is 20.6 Å². The van der Waals surface area contributed by atoms with Gasteiger partial charge in [0.15, 0.2) is 0 Å². The molecule has 5 rings (SSSR count). The van der Waals surface area contributed by atoms with Gasteiger partial charge in [0.25, 0.3) is 11.1 Å². The monoisotopic (exact) mass is 472 g/mol. The van der Waals surface area contributed by atoms with Gasteiger partial charge in [-0.2, -0.15) is 0 Å². The number of amides is 2. The van der Waals surface area contributed by atoms with Crippen molar-refractivity contribution in [2.24, 2.45) is 0 Å². The largest absolute Gasteiger partial charge is 0.318 e. The highest BCUT2D eigenvalue weighted by atomic mass is 35.5. The molecule has 0 saturated carbocycles. The third-order valence-electron chi connectivity index (χ3n) is 5.85. The summed E-state index contributed by atoms with van der Waals surface area (Å²) >= 11 is 7.03. The Kier molecular flexibility index (Phi) is 5.60. The van der Waals surface area contributed by atoms with E-state index < -0.39 is 0 Å². The van der Waals surface area contributed by atoms with Crippen molar-refractivity contribution in [1.82, 2.24) is 9.47 Å². The number of imide groups is 1. The molecule has 0 N–H and O–H groups in total. The molecule has 33 heavy (non-hydrogen) atoms. The van der Waals surface area contributed by atoms with Gasteiger partial charge in [-0.15, -0.1) is 0 Å². The summed E-state index contributed by atoms with van der Waals surface area (Å²) in [6, 6.07) is 23.9. The predicted octanol–water partition coefficient (Wildman–Crippen LogP) is 7.14. The standard InChI is InChI=1S/C27H21ClN2O2S/c1-17-12-22(18(2)30(17)24-11-10-20-7-3-4-8-21(20)14-24)15-25-26(31)29(27(32)33-25)16-19-6-5-9-23(28)13-19/h3-15H,16H2,1-2H3/b25-15-. The van der Waals surface area contributed by atoms with Crippen molar-refractivity contribution in [3.05, 3.63) is 105 Å². The van der Waals surface area contributed by atoms with Gasteiger partial charge in [0.05, 0.1) is 11.4 Å². The van der Waals surface area contributed by atoms with Gasteiger partial charge in [-0.3, -0.25) is 14.5 Å². The van der Waals surface area contributed by atoms with Crippen LogP contribution in [0.1, 0.15) is 22.5 Å². The lowest BCUT2D eigenvalue weighted by molar-refractivity contribution is -0.123. The van der Waals surface area contributed by atoms with E-state index >= 15 is 0 Å². The lowest BCUT2D eigenvalue weighted by Gasteiger charge is -2.12. The Hall–Kier alpha value is -3.28. The summed E-state index contributed by atoms with van der Waals surface area (Å²) < 4.78 is 2.18. The summed E-state index contributed by atoms with van der Waals surface area (Å²) in [4.78, 5) is 27.3. The van der Waals surface area contributed by atoms with Crippen LogP contribution in [0.3, 0.4) is 0 Å². The molecule has 1 aliphatic rings. The fourth-order valence-electron chi connectivity index (χ4n) is 4.24. The van der Waals surface area contributed by atoms with Crippen molar-refractivity contribution < 1.29 is 9.59 Å². The first-order valence-corrected chi connectivity index (χ1v) is 11.8. The second-order valence-corrected chi connectivity index (χ2v) is 9.52. The molecule has 1 aromatic heterocycles. The van der Waals surface area contributed by atoms with Crippen molar-refractivity contribution in [1.29, 1.82) is 0 Å². The average Bonchev–Trinajstić information content (AvgIpc) is 3.22. The molecule has 0 bridgehead atoms. The van der Waals surface area contributed by atoms with Gasteiger partial charge in [0, 0.05) is 22.1 Å². The third kappa shape index (κ3) is 4.10. The number of nitrogens with zero attached hydrogens (tertiary/aromatic N) is 2. The number of carbonyl (C=O) groups excluding carboxylic acids is 2. The van der Waals surface area contributed by atoms with Crippen LogP contribution in [0.4, 0.5) is 4.79 Å². The number of rotatable bonds is 4. The van der Waals surface area contributed by atoms with Crippen molar-refractivity contribution in [3.8, 4) is 5.69 Å². The van der Waals surface area contributed by atoms with Gasteiger partial charge in [0.1, 0.15) is 0 Å². The fourth-order valence-corrected chi connectivity index (χ4v) is 5.28. The zero-order valence-corrected chi connectivity index (χ0v) is 19.8. The molecule has 0 unspecified atom stereocenters. The molecule has 2 amide bonds. The Balaban J connectivity index is 1.46. The van der Waals surface area contributed by atoms with Crippen molar-refractivity contribution in [2.75, 3.05) is 0 Å². The molecule has 0 atom stereocenters. The normalized spacial score (nSPS) is 15.2. The first kappa shape index (κ1) is 21.6. The topological polar surface area (TPSA) is 42.3 Å². The minimum Gasteiger partial charge on any atom is -0.318 e. The van der Waals surface area contributed by atoms with E-state index in [1.54, 1.807) is 12.1 Å². The van der Waals surface area contributed by atoms with Crippen LogP contribution in [0, 0.1) is 13.8 Å². The third-order valence-corrected chi connectivity index (χ3v) is 6.99. The minimum absolute atomic E-state index is 0.207. The maximum atomic E-state index is 13.0. The van der Waals surface area contributed by atoms with Crippen molar-refractivity contribution in [3.63, 3.8) is 0 Å². The van der Waals surface area contributed by atoms with Gasteiger partial charge in [-0.25, -0.2) is 0 Å². The molecule has 164 valence electrons. The second kappa shape index (κ2) is 8.58. The molecule has 0 radical (unpaired) electrons. The Morgan fingerprint density at radius 1 is 0.909 bits per heavy atom. The van der Waals surface area contributed by atoms with Gasteiger partial charge in [-0.05, 0) is 83.9 Å². The molecule has 1 fully saturated rings. The van der Waals surface area contributed by atoms with Crippen LogP contribution in [0.25, 0.3) is 22.5 Å². The predicted molar refractivity (Wildman–Crippen MR) is 136 cm³/mol. The maximum absolute atomic E-state index is 13.0. The Morgan fingerprint density at radius 3 is 2.48 bits per heavy atom. The summed E-state index contributed by atoms with van der Waals surface area (Å²) in [6.07, 6.45) is 1.82. The quantitative estimate of drug-likeness (QED) is 0.296. The van der Waals surface area contributed by atoms with Gasteiger partial charge < -0.3 is 4.57 Å². The van der Waals surface area contributed by atoms with Crippen molar-refractivity contribution >= 4 is 51.4 Å². The van der Waals surface area contributed by atoms with Crippen LogP contribution in [0.5, 0.6) is 0 Å². The number of hydrogen-bond donors (Lipinski definition) is 0. The van der Waals surface area contributed by atoms with E-state index in [1.165, 1.54) is 15.7 Å². The van der Waals surface area contributed by atoms with Crippen LogP contribution in [-0.2, 0) is 11.3 Å². The number of aromatic nitrogens is 1. The Labute approximate surface area is 201 Å². The van der Waals surface area contributed by atoms with Crippen molar-refractivity contribution in [2.45, 2.75) is 20.4 Å². The molecule has 0 aliphatic carbocycles. The maximum Gasteiger partial charge on any atom is 0.293 e. The molecule has 2 heterocycles. The highest BCUT2D eigenvalue weighted by Crippen LogP contribution is 2.35. The zero-order chi connectivity index (χ0) is 23.1. The summed E-state index contributed by atoms with van der Waals surface area (Å²) in [5.41, 5.74) is 4.89. The number of halogens is 1. The SMILES string of the molecule is Cc1cc(/C=C2\SC(=O)N(Cc3cccc(Cl)c3)C2=O)c(C)n1-c1ccc2ccccc2c1. The highest BCUT2D eigenvalue weighted by Gasteiger charge is 2.35. The van der Waals surface area contributed by atoms with Gasteiger partial charge in [0.2, 0.25) is 0 Å². The minimum atomic E-state index is -0.277. The molecule has 6 heteroatoms. The van der Waals surface area contributed by atoms with E-state index in [0.717, 1.165) is 40.0 Å². The number of carbonyl (C=O) groups is 2. The van der Waals surface area contributed by atoms with E-state index in [4.69, 9.17) is 11.6 Å². The number of aryl methyl sites for hydroxylation is 1. The lowest BCUT2D eigenvalue weighted by atomic mass is 10.1. The van der Waals surface area contributed by atoms with E-state index in [-0.39, 0.29) is 17.7 Å². The Bertz CT molecular complexity index is 1450. The molecule has 4 nitrogen and oxygen atoms in total. The van der Waals surface area contributed by atoms with E-state index in [9.17, 15) is 9.59 Å². The van der Waals surface area contributed by atoms with Crippen LogP contribution >= 0.6 is 23.4 Å². The summed E-state index contributed by atoms with van der Waals surface area (Å²) in [6.45, 7) is 4.29. The molecule has 3 aromatic carbocycles. The summed E-state index contributed by atoms with van der Waals surface area (Å²) in [7, 11) is 0. The first-order valence-electron chi connectivity index (χ1n) is 10.6. The number of hydrogen-bond acceptors (Lipinski definition) is 3. The number of thioether (sulfide) groups is 1. The van der Waals surface area contributed by atoms with E-state index in [2.05, 4.69) is 41.0 Å². The van der Waals surface area contributed by atoms with Crippen LogP contribution in [0.2, 0.25) is 5.02 Å². The van der Waals surface area contributed by atoms with Gasteiger partial charge in [-0.1, -0.05) is 54.1 Å². The molecule has 0 spiro atoms. The molecule has 1 aliphatic heterocycles. The summed E-state index contributed by atoms with van der Waals surface area (Å²) in [5, 5.41) is 2.68. The second-order valence-electron chi connectivity index (χ2n) is 8.09. The molecule has 4 aromatic rings. The van der Waals surface area contributed by atoms with Crippen LogP contribution < -0.4 is 0 Å². The van der Waals surface area contributed by atoms with E-state index in [1.807, 2.05) is 44.2 Å². The first-order chi connectivity index (χ1) is 15.9. The molecule has 1 saturated heterocycles. The average molecular weight is 473 g/mol. The number of benzene rings is 3. The molecular formula is C27H21ClN2O2S. The van der Waals surface area contributed by atoms with E-state index in [0.29, 0.717) is 9.93 Å². The smallest absolute Gasteiger partial charge is 0.293 e. The molecular weight excluding hydrogens is 452 g/mol. The van der Waals surface area contributed by atoms with Gasteiger partial charge >= 0.3 is 0 Å². The lowest BCUT2D eigenvalue weighted by Crippen LogP contribution is -2.27. The Morgan fingerprint density at radius 2 is 1.70 bits per heavy atom. The zero-order valence-electron chi connectivity index (χ0n) is 18.2.